The number of hydrogen-bond donors (Lipinski definition) is 1. The van der Waals surface area contributed by atoms with Crippen LogP contribution in [0.2, 0.25) is 0 Å². The molecule has 1 N–H and O–H groups in total. The molecule has 1 aliphatic carbocycles. The van der Waals surface area contributed by atoms with E-state index in [9.17, 15) is 0 Å². The molecule has 3 atom stereocenters. The van der Waals surface area contributed by atoms with Crippen molar-refractivity contribution < 1.29 is 0 Å². The predicted octanol–water partition coefficient (Wildman–Crippen LogP) is 2.69. The van der Waals surface area contributed by atoms with Crippen molar-refractivity contribution in [3.05, 3.63) is 0 Å². The molecule has 0 bridgehead atoms. The van der Waals surface area contributed by atoms with Gasteiger partial charge in [-0.3, -0.25) is 3.11 Å². The minimum atomic E-state index is 0.642. The second-order valence-corrected chi connectivity index (χ2v) is 6.63. The number of halogens is 1. The van der Waals surface area contributed by atoms with Crippen LogP contribution >= 0.6 is 22.9 Å². The third kappa shape index (κ3) is 5.03. The molecule has 0 radical (unpaired) electrons. The van der Waals surface area contributed by atoms with Crippen LogP contribution in [-0.4, -0.2) is 29.3 Å². The minimum absolute atomic E-state index is 0.642. The van der Waals surface area contributed by atoms with Crippen molar-refractivity contribution in [1.29, 1.82) is 0 Å². The van der Waals surface area contributed by atoms with Crippen molar-refractivity contribution in [3.63, 3.8) is 0 Å². The van der Waals surface area contributed by atoms with Gasteiger partial charge in [0.1, 0.15) is 0 Å². The molecule has 1 aliphatic rings. The Morgan fingerprint density at radius 2 is 2.25 bits per heavy atom. The molecular weight excluding hydrogens is 311 g/mol. The molecule has 0 aliphatic heterocycles. The number of hydrogen-bond acceptors (Lipinski definition) is 2. The van der Waals surface area contributed by atoms with Gasteiger partial charge >= 0.3 is 0 Å². The number of terminal acetylenes is 1. The second-order valence-electron chi connectivity index (χ2n) is 4.99. The normalized spacial score (nSPS) is 30.3. The zero-order valence-electron chi connectivity index (χ0n) is 10.4. The molecule has 3 heteroatoms. The molecule has 1 rings (SSSR count). The van der Waals surface area contributed by atoms with Crippen LogP contribution in [-0.2, 0) is 0 Å². The molecule has 2 nitrogen and oxygen atoms in total. The summed E-state index contributed by atoms with van der Waals surface area (Å²) in [7, 11) is 2.14. The third-order valence-corrected chi connectivity index (χ3v) is 4.00. The van der Waals surface area contributed by atoms with Crippen LogP contribution < -0.4 is 5.32 Å². The monoisotopic (exact) mass is 334 g/mol. The van der Waals surface area contributed by atoms with Gasteiger partial charge in [-0.15, -0.1) is 6.42 Å². The molecular formula is C13H23IN2. The van der Waals surface area contributed by atoms with Gasteiger partial charge in [-0.2, -0.15) is 0 Å². The number of nitrogens with zero attached hydrogens (tertiary/aromatic N) is 1. The van der Waals surface area contributed by atoms with E-state index in [-0.39, 0.29) is 0 Å². The van der Waals surface area contributed by atoms with E-state index in [1.54, 1.807) is 0 Å². The topological polar surface area (TPSA) is 15.3 Å². The van der Waals surface area contributed by atoms with Gasteiger partial charge < -0.3 is 5.32 Å². The van der Waals surface area contributed by atoms with E-state index in [2.05, 4.69) is 51.2 Å². The van der Waals surface area contributed by atoms with Crippen LogP contribution in [0.3, 0.4) is 0 Å². The van der Waals surface area contributed by atoms with E-state index in [0.717, 1.165) is 18.4 Å². The maximum absolute atomic E-state index is 5.32. The van der Waals surface area contributed by atoms with Gasteiger partial charge in [0, 0.05) is 35.5 Å². The lowest BCUT2D eigenvalue weighted by Gasteiger charge is -2.35. The van der Waals surface area contributed by atoms with Crippen LogP contribution in [0, 0.1) is 24.2 Å². The highest BCUT2D eigenvalue weighted by Crippen LogP contribution is 2.31. The Morgan fingerprint density at radius 3 is 2.88 bits per heavy atom. The van der Waals surface area contributed by atoms with Crippen molar-refractivity contribution in [2.75, 3.05) is 20.1 Å². The Balaban J connectivity index is 2.41. The van der Waals surface area contributed by atoms with Gasteiger partial charge in [0.15, 0.2) is 0 Å². The average molecular weight is 334 g/mol. The second kappa shape index (κ2) is 7.52. The zero-order valence-corrected chi connectivity index (χ0v) is 12.5. The largest absolute Gasteiger partial charge is 0.303 e. The Kier molecular flexibility index (Phi) is 6.71. The van der Waals surface area contributed by atoms with Crippen molar-refractivity contribution in [3.8, 4) is 12.3 Å². The highest BCUT2D eigenvalue weighted by Gasteiger charge is 2.27. The maximum atomic E-state index is 5.32. The fourth-order valence-corrected chi connectivity index (χ4v) is 2.90. The van der Waals surface area contributed by atoms with E-state index in [1.807, 2.05) is 0 Å². The van der Waals surface area contributed by atoms with E-state index in [4.69, 9.17) is 6.42 Å². The Morgan fingerprint density at radius 1 is 1.50 bits per heavy atom. The maximum Gasteiger partial charge on any atom is 0.0576 e. The fourth-order valence-electron chi connectivity index (χ4n) is 2.62. The molecule has 0 heterocycles. The summed E-state index contributed by atoms with van der Waals surface area (Å²) >= 11 is 2.36. The predicted molar refractivity (Wildman–Crippen MR) is 78.4 cm³/mol. The van der Waals surface area contributed by atoms with Crippen LogP contribution in [0.1, 0.15) is 32.6 Å². The molecule has 0 spiro atoms. The van der Waals surface area contributed by atoms with Gasteiger partial charge in [-0.05, 0) is 44.6 Å². The number of rotatable bonds is 5. The standard InChI is InChI=1S/C13H23IN2/c1-4-8-15-13-6-5-11(2)10-12(13)7-9-16(3)14/h1,11-13,15H,5-10H2,2-3H3/t11?,12-,13?/m0/s1. The molecule has 92 valence electrons. The summed E-state index contributed by atoms with van der Waals surface area (Å²) < 4.78 is 2.25. The van der Waals surface area contributed by atoms with E-state index in [1.165, 1.54) is 32.2 Å². The molecule has 1 saturated carbocycles. The van der Waals surface area contributed by atoms with Crippen LogP contribution in [0.5, 0.6) is 0 Å². The quantitative estimate of drug-likeness (QED) is 0.472. The molecule has 16 heavy (non-hydrogen) atoms. The van der Waals surface area contributed by atoms with Crippen molar-refractivity contribution >= 4 is 22.9 Å². The van der Waals surface area contributed by atoms with E-state index >= 15 is 0 Å². The van der Waals surface area contributed by atoms with Gasteiger partial charge in [0.05, 0.1) is 6.54 Å². The smallest absolute Gasteiger partial charge is 0.0576 e. The van der Waals surface area contributed by atoms with Crippen LogP contribution in [0.15, 0.2) is 0 Å². The third-order valence-electron chi connectivity index (χ3n) is 3.52. The van der Waals surface area contributed by atoms with Crippen molar-refractivity contribution in [2.45, 2.75) is 38.6 Å². The summed E-state index contributed by atoms with van der Waals surface area (Å²) in [6.45, 7) is 4.26. The molecule has 2 unspecified atom stereocenters. The first-order valence-electron chi connectivity index (χ1n) is 6.17. The highest BCUT2D eigenvalue weighted by molar-refractivity contribution is 14.1. The lowest BCUT2D eigenvalue weighted by atomic mass is 9.77. The Hall–Kier alpha value is 0.210. The Bertz CT molecular complexity index is 235. The summed E-state index contributed by atoms with van der Waals surface area (Å²) in [5, 5.41) is 3.51. The van der Waals surface area contributed by atoms with Crippen LogP contribution in [0.25, 0.3) is 0 Å². The molecule has 0 aromatic rings. The summed E-state index contributed by atoms with van der Waals surface area (Å²) in [6.07, 6.45) is 10.6. The number of nitrogens with one attached hydrogen (secondary N) is 1. The van der Waals surface area contributed by atoms with Gasteiger partial charge in [-0.1, -0.05) is 12.8 Å². The minimum Gasteiger partial charge on any atom is -0.303 e. The first-order chi connectivity index (χ1) is 7.63. The Labute approximate surface area is 114 Å². The SMILES string of the molecule is C#CCNC1CCC(C)C[C@@H]1CCN(C)I. The van der Waals surface area contributed by atoms with Crippen molar-refractivity contribution in [1.82, 2.24) is 8.43 Å². The summed E-state index contributed by atoms with van der Waals surface area (Å²) in [4.78, 5) is 0. The fraction of sp³-hybridized carbons (Fsp3) is 0.846. The van der Waals surface area contributed by atoms with Gasteiger partial charge in [0.25, 0.3) is 0 Å². The summed E-state index contributed by atoms with van der Waals surface area (Å²) in [5.74, 6) is 4.37. The van der Waals surface area contributed by atoms with Crippen molar-refractivity contribution in [2.24, 2.45) is 11.8 Å². The highest BCUT2D eigenvalue weighted by atomic mass is 127. The lowest BCUT2D eigenvalue weighted by Crippen LogP contribution is -2.41. The lowest BCUT2D eigenvalue weighted by molar-refractivity contribution is 0.202. The van der Waals surface area contributed by atoms with E-state index < -0.39 is 0 Å². The molecule has 0 aromatic heterocycles. The van der Waals surface area contributed by atoms with Gasteiger partial charge in [-0.25, -0.2) is 0 Å². The van der Waals surface area contributed by atoms with E-state index in [0.29, 0.717) is 6.04 Å². The summed E-state index contributed by atoms with van der Waals surface area (Å²) in [6, 6.07) is 0.642. The van der Waals surface area contributed by atoms with Crippen LogP contribution in [0.4, 0.5) is 0 Å². The molecule has 0 aromatic carbocycles. The summed E-state index contributed by atoms with van der Waals surface area (Å²) in [5.41, 5.74) is 0. The average Bonchev–Trinajstić information content (AvgIpc) is 2.25. The first-order valence-corrected chi connectivity index (χ1v) is 7.13. The molecule has 0 saturated heterocycles. The van der Waals surface area contributed by atoms with Gasteiger partial charge in [0.2, 0.25) is 0 Å². The molecule has 0 amide bonds. The first kappa shape index (κ1) is 14.3. The molecule has 1 fully saturated rings. The zero-order chi connectivity index (χ0) is 12.0.